The van der Waals surface area contributed by atoms with E-state index < -0.39 is 39.3 Å². The number of ether oxygens (including phenoxy) is 1. The van der Waals surface area contributed by atoms with Gasteiger partial charge in [-0.15, -0.1) is 0 Å². The van der Waals surface area contributed by atoms with E-state index in [4.69, 9.17) is 10.00 Å². The molecule has 0 aliphatic rings. The van der Waals surface area contributed by atoms with E-state index >= 15 is 0 Å². The third kappa shape index (κ3) is 11.0. The molecule has 0 heterocycles. The number of nitrogens with zero attached hydrogens (tertiary/aromatic N) is 2. The molecule has 0 aromatic heterocycles. The van der Waals surface area contributed by atoms with Gasteiger partial charge in [0.2, 0.25) is 10.0 Å². The lowest BCUT2D eigenvalue weighted by molar-refractivity contribution is 0.0391. The SMILES string of the molecule is Cc1ccc(S(=O)(=O)N(CC(O)[C@H](Cc2ccccc2)NC(=O)OC(C)(C)C)CC(C)(C)CCCC#N)cc1. The van der Waals surface area contributed by atoms with Crippen LogP contribution in [0.25, 0.3) is 0 Å². The van der Waals surface area contributed by atoms with Crippen molar-refractivity contribution in [2.75, 3.05) is 13.1 Å². The highest BCUT2D eigenvalue weighted by molar-refractivity contribution is 7.89. The zero-order valence-electron chi connectivity index (χ0n) is 24.0. The second kappa shape index (κ2) is 13.9. The smallest absolute Gasteiger partial charge is 0.407 e. The van der Waals surface area contributed by atoms with Crippen molar-refractivity contribution < 1.29 is 23.1 Å². The zero-order valence-corrected chi connectivity index (χ0v) is 24.8. The minimum Gasteiger partial charge on any atom is -0.444 e. The maximum Gasteiger partial charge on any atom is 0.407 e. The number of nitriles is 1. The Balaban J connectivity index is 2.39. The lowest BCUT2D eigenvalue weighted by Crippen LogP contribution is -2.52. The molecule has 0 spiro atoms. The number of amides is 1. The predicted molar refractivity (Wildman–Crippen MR) is 152 cm³/mol. The molecule has 0 saturated heterocycles. The van der Waals surface area contributed by atoms with E-state index in [9.17, 15) is 18.3 Å². The summed E-state index contributed by atoms with van der Waals surface area (Å²) in [6.45, 7) is 10.9. The van der Waals surface area contributed by atoms with Crippen LogP contribution in [0.2, 0.25) is 0 Å². The Hall–Kier alpha value is -2.93. The Labute approximate surface area is 234 Å². The maximum atomic E-state index is 13.8. The molecular formula is C30H43N3O5S. The summed E-state index contributed by atoms with van der Waals surface area (Å²) in [6, 6.07) is 17.3. The fourth-order valence-corrected chi connectivity index (χ4v) is 5.90. The Kier molecular flexibility index (Phi) is 11.5. The summed E-state index contributed by atoms with van der Waals surface area (Å²) in [7, 11) is -3.98. The summed E-state index contributed by atoms with van der Waals surface area (Å²) in [5.74, 6) is 0. The van der Waals surface area contributed by atoms with Crippen LogP contribution in [0.15, 0.2) is 59.5 Å². The van der Waals surface area contributed by atoms with E-state index in [-0.39, 0.29) is 24.4 Å². The number of carbonyl (C=O) groups is 1. The zero-order chi connectivity index (χ0) is 29.3. The average molecular weight is 558 g/mol. The van der Waals surface area contributed by atoms with Crippen LogP contribution in [0.5, 0.6) is 0 Å². The van der Waals surface area contributed by atoms with Crippen LogP contribution < -0.4 is 5.32 Å². The van der Waals surface area contributed by atoms with Crippen molar-refractivity contribution in [2.24, 2.45) is 5.41 Å². The van der Waals surface area contributed by atoms with Crippen molar-refractivity contribution in [1.29, 1.82) is 5.26 Å². The van der Waals surface area contributed by atoms with Crippen molar-refractivity contribution in [3.63, 3.8) is 0 Å². The van der Waals surface area contributed by atoms with Crippen LogP contribution in [-0.4, -0.2) is 54.8 Å². The van der Waals surface area contributed by atoms with E-state index in [1.807, 2.05) is 51.1 Å². The molecule has 9 heteroatoms. The Morgan fingerprint density at radius 1 is 1.08 bits per heavy atom. The lowest BCUT2D eigenvalue weighted by atomic mass is 9.87. The van der Waals surface area contributed by atoms with Crippen molar-refractivity contribution in [1.82, 2.24) is 9.62 Å². The van der Waals surface area contributed by atoms with Crippen LogP contribution in [0.1, 0.15) is 65.0 Å². The predicted octanol–water partition coefficient (Wildman–Crippen LogP) is 5.20. The number of alkyl carbamates (subject to hydrolysis) is 1. The number of carbonyl (C=O) groups excluding carboxylic acids is 1. The van der Waals surface area contributed by atoms with Crippen LogP contribution in [-0.2, 0) is 21.2 Å². The summed E-state index contributed by atoms with van der Waals surface area (Å²) in [5, 5.41) is 23.2. The van der Waals surface area contributed by atoms with Gasteiger partial charge in [0.1, 0.15) is 5.60 Å². The highest BCUT2D eigenvalue weighted by atomic mass is 32.2. The third-order valence-corrected chi connectivity index (χ3v) is 8.09. The number of aryl methyl sites for hydroxylation is 1. The van der Waals surface area contributed by atoms with Crippen molar-refractivity contribution in [2.45, 2.75) is 89.9 Å². The quantitative estimate of drug-likeness (QED) is 0.327. The molecule has 0 radical (unpaired) electrons. The van der Waals surface area contributed by atoms with Crippen LogP contribution in [0.4, 0.5) is 4.79 Å². The molecule has 1 unspecified atom stereocenters. The molecule has 2 aromatic carbocycles. The molecular weight excluding hydrogens is 514 g/mol. The molecule has 0 aliphatic carbocycles. The summed E-state index contributed by atoms with van der Waals surface area (Å²) in [4.78, 5) is 12.8. The Morgan fingerprint density at radius 3 is 2.26 bits per heavy atom. The summed E-state index contributed by atoms with van der Waals surface area (Å²) < 4.78 is 34.4. The number of unbranched alkanes of at least 4 members (excludes halogenated alkanes) is 1. The fourth-order valence-electron chi connectivity index (χ4n) is 4.26. The number of aliphatic hydroxyl groups excluding tert-OH is 1. The topological polar surface area (TPSA) is 120 Å². The van der Waals surface area contributed by atoms with Crippen LogP contribution in [0, 0.1) is 23.7 Å². The lowest BCUT2D eigenvalue weighted by Gasteiger charge is -2.35. The molecule has 2 N–H and O–H groups in total. The highest BCUT2D eigenvalue weighted by Gasteiger charge is 2.35. The Morgan fingerprint density at radius 2 is 1.69 bits per heavy atom. The number of hydrogen-bond acceptors (Lipinski definition) is 6. The van der Waals surface area contributed by atoms with E-state index in [2.05, 4.69) is 11.4 Å². The van der Waals surface area contributed by atoms with E-state index in [1.165, 1.54) is 4.31 Å². The molecule has 1 amide bonds. The normalized spacial score (nSPS) is 13.9. The monoisotopic (exact) mass is 557 g/mol. The van der Waals surface area contributed by atoms with Gasteiger partial charge in [-0.1, -0.05) is 61.9 Å². The minimum atomic E-state index is -3.98. The van der Waals surface area contributed by atoms with E-state index in [0.29, 0.717) is 19.3 Å². The highest BCUT2D eigenvalue weighted by Crippen LogP contribution is 2.28. The van der Waals surface area contributed by atoms with Gasteiger partial charge in [-0.05, 0) is 70.1 Å². The summed E-state index contributed by atoms with van der Waals surface area (Å²) in [5.41, 5.74) is 0.617. The first-order valence-electron chi connectivity index (χ1n) is 13.3. The number of sulfonamides is 1. The van der Waals surface area contributed by atoms with Crippen molar-refractivity contribution in [3.05, 3.63) is 65.7 Å². The number of aliphatic hydroxyl groups is 1. The van der Waals surface area contributed by atoms with E-state index in [1.54, 1.807) is 45.0 Å². The fraction of sp³-hybridized carbons (Fsp3) is 0.533. The first-order chi connectivity index (χ1) is 18.1. The first-order valence-corrected chi connectivity index (χ1v) is 14.7. The number of hydrogen-bond donors (Lipinski definition) is 2. The van der Waals surface area contributed by atoms with Crippen molar-refractivity contribution >= 4 is 16.1 Å². The van der Waals surface area contributed by atoms with E-state index in [0.717, 1.165) is 11.1 Å². The van der Waals surface area contributed by atoms with Gasteiger partial charge >= 0.3 is 6.09 Å². The first kappa shape index (κ1) is 32.3. The maximum absolute atomic E-state index is 13.8. The van der Waals surface area contributed by atoms with Gasteiger partial charge in [-0.2, -0.15) is 9.57 Å². The van der Waals surface area contributed by atoms with Gasteiger partial charge in [0, 0.05) is 19.5 Å². The minimum absolute atomic E-state index is 0.132. The average Bonchev–Trinajstić information content (AvgIpc) is 2.83. The number of benzene rings is 2. The molecule has 0 bridgehead atoms. The molecule has 2 aromatic rings. The standard InChI is InChI=1S/C30H43N3O5S/c1-23-14-16-25(17-15-23)39(36,37)33(22-30(5,6)18-10-11-19-31)21-27(34)26(20-24-12-8-7-9-13-24)32-28(35)38-29(2,3)4/h7-9,12-17,26-27,34H,10-11,18,20-22H2,1-6H3,(H,32,35)/t26-,27?/m0/s1. The van der Waals surface area contributed by atoms with Gasteiger partial charge in [-0.25, -0.2) is 13.2 Å². The molecule has 2 atom stereocenters. The number of nitrogens with one attached hydrogen (secondary N) is 1. The largest absolute Gasteiger partial charge is 0.444 e. The van der Waals surface area contributed by atoms with Gasteiger partial charge in [0.15, 0.2) is 0 Å². The molecule has 39 heavy (non-hydrogen) atoms. The molecule has 0 fully saturated rings. The second-order valence-electron chi connectivity index (χ2n) is 11.8. The number of rotatable bonds is 13. The molecule has 0 saturated carbocycles. The van der Waals surface area contributed by atoms with Gasteiger partial charge in [0.25, 0.3) is 0 Å². The molecule has 0 aliphatic heterocycles. The third-order valence-electron chi connectivity index (χ3n) is 6.26. The van der Waals surface area contributed by atoms with Crippen molar-refractivity contribution in [3.8, 4) is 6.07 Å². The molecule has 214 valence electrons. The molecule has 2 rings (SSSR count). The second-order valence-corrected chi connectivity index (χ2v) is 13.7. The van der Waals surface area contributed by atoms with Gasteiger partial charge < -0.3 is 15.2 Å². The van der Waals surface area contributed by atoms with Crippen LogP contribution >= 0.6 is 0 Å². The Bertz CT molecular complexity index is 1200. The molecule has 8 nitrogen and oxygen atoms in total. The van der Waals surface area contributed by atoms with Gasteiger partial charge in [0.05, 0.1) is 23.1 Å². The van der Waals surface area contributed by atoms with Crippen LogP contribution in [0.3, 0.4) is 0 Å². The summed E-state index contributed by atoms with van der Waals surface area (Å²) in [6.07, 6.45) is 0.0303. The summed E-state index contributed by atoms with van der Waals surface area (Å²) >= 11 is 0. The van der Waals surface area contributed by atoms with Gasteiger partial charge in [-0.3, -0.25) is 0 Å².